The lowest BCUT2D eigenvalue weighted by Crippen LogP contribution is -2.20. The van der Waals surface area contributed by atoms with E-state index in [-0.39, 0.29) is 0 Å². The van der Waals surface area contributed by atoms with E-state index in [0.717, 1.165) is 12.5 Å². The van der Waals surface area contributed by atoms with Crippen molar-refractivity contribution in [3.63, 3.8) is 0 Å². The highest BCUT2D eigenvalue weighted by Crippen LogP contribution is 2.42. The SMILES string of the molecule is CNCc1ccc2c3c1CCCC3CCC2. The van der Waals surface area contributed by atoms with Gasteiger partial charge in [-0.3, -0.25) is 0 Å². The molecular formula is C15H21N. The Morgan fingerprint density at radius 2 is 2.00 bits per heavy atom. The minimum Gasteiger partial charge on any atom is -0.316 e. The van der Waals surface area contributed by atoms with Crippen LogP contribution in [0.15, 0.2) is 12.1 Å². The minimum atomic E-state index is 0.893. The van der Waals surface area contributed by atoms with Gasteiger partial charge in [0.1, 0.15) is 0 Å². The largest absolute Gasteiger partial charge is 0.316 e. The molecule has 0 fully saturated rings. The first kappa shape index (κ1) is 10.3. The van der Waals surface area contributed by atoms with Crippen LogP contribution >= 0.6 is 0 Å². The van der Waals surface area contributed by atoms with Crippen molar-refractivity contribution in [3.8, 4) is 0 Å². The van der Waals surface area contributed by atoms with E-state index in [1.807, 2.05) is 7.05 Å². The van der Waals surface area contributed by atoms with Gasteiger partial charge in [-0.25, -0.2) is 0 Å². The maximum absolute atomic E-state index is 3.30. The first-order valence-corrected chi connectivity index (χ1v) is 6.68. The summed E-state index contributed by atoms with van der Waals surface area (Å²) in [7, 11) is 2.05. The molecule has 0 heterocycles. The van der Waals surface area contributed by atoms with Gasteiger partial charge in [0.25, 0.3) is 0 Å². The highest BCUT2D eigenvalue weighted by molar-refractivity contribution is 5.46. The average Bonchev–Trinajstić information content (AvgIpc) is 2.33. The summed E-state index contributed by atoms with van der Waals surface area (Å²) < 4.78 is 0. The predicted octanol–water partition coefficient (Wildman–Crippen LogP) is 3.16. The average molecular weight is 215 g/mol. The molecule has 1 aromatic rings. The predicted molar refractivity (Wildman–Crippen MR) is 67.8 cm³/mol. The smallest absolute Gasteiger partial charge is 0.0205 e. The summed E-state index contributed by atoms with van der Waals surface area (Å²) in [5.74, 6) is 0.893. The van der Waals surface area contributed by atoms with Crippen LogP contribution in [0, 0.1) is 0 Å². The van der Waals surface area contributed by atoms with Gasteiger partial charge in [0.15, 0.2) is 0 Å². The molecule has 0 saturated carbocycles. The fraction of sp³-hybridized carbons (Fsp3) is 0.600. The zero-order valence-electron chi connectivity index (χ0n) is 10.2. The molecule has 0 aromatic heterocycles. The van der Waals surface area contributed by atoms with E-state index in [1.54, 1.807) is 22.3 Å². The van der Waals surface area contributed by atoms with Crippen LogP contribution in [0.25, 0.3) is 0 Å². The molecule has 3 rings (SSSR count). The summed E-state index contributed by atoms with van der Waals surface area (Å²) in [6.45, 7) is 1.04. The third kappa shape index (κ3) is 1.58. The van der Waals surface area contributed by atoms with Gasteiger partial charge in [-0.2, -0.15) is 0 Å². The van der Waals surface area contributed by atoms with Gasteiger partial charge < -0.3 is 5.32 Å². The Hall–Kier alpha value is -0.820. The standard InChI is InChI=1S/C15H21N/c1-16-10-13-9-8-12-5-2-4-11-6-3-7-14(13)15(11)12/h8-9,11,16H,2-7,10H2,1H3. The van der Waals surface area contributed by atoms with E-state index >= 15 is 0 Å². The van der Waals surface area contributed by atoms with Crippen molar-refractivity contribution >= 4 is 0 Å². The van der Waals surface area contributed by atoms with Gasteiger partial charge in [-0.1, -0.05) is 12.1 Å². The van der Waals surface area contributed by atoms with Crippen molar-refractivity contribution in [3.05, 3.63) is 34.4 Å². The van der Waals surface area contributed by atoms with E-state index < -0.39 is 0 Å². The van der Waals surface area contributed by atoms with Crippen molar-refractivity contribution in [1.82, 2.24) is 5.32 Å². The van der Waals surface area contributed by atoms with Crippen LogP contribution in [0.4, 0.5) is 0 Å². The Kier molecular flexibility index (Phi) is 2.72. The van der Waals surface area contributed by atoms with Crippen LogP contribution in [0.5, 0.6) is 0 Å². The van der Waals surface area contributed by atoms with Gasteiger partial charge >= 0.3 is 0 Å². The van der Waals surface area contributed by atoms with Crippen molar-refractivity contribution in [2.75, 3.05) is 7.05 Å². The molecule has 0 aliphatic heterocycles. The van der Waals surface area contributed by atoms with Crippen LogP contribution in [0.2, 0.25) is 0 Å². The monoisotopic (exact) mass is 215 g/mol. The fourth-order valence-corrected chi connectivity index (χ4v) is 3.63. The second-order valence-corrected chi connectivity index (χ2v) is 5.29. The molecule has 86 valence electrons. The van der Waals surface area contributed by atoms with Crippen molar-refractivity contribution in [2.24, 2.45) is 0 Å². The molecular weight excluding hydrogens is 194 g/mol. The number of nitrogens with one attached hydrogen (secondary N) is 1. The fourth-order valence-electron chi connectivity index (χ4n) is 3.63. The molecule has 2 aliphatic rings. The van der Waals surface area contributed by atoms with Crippen molar-refractivity contribution in [2.45, 2.75) is 51.0 Å². The Bertz CT molecular complexity index is 393. The van der Waals surface area contributed by atoms with Gasteiger partial charge in [0.2, 0.25) is 0 Å². The number of benzene rings is 1. The topological polar surface area (TPSA) is 12.0 Å². The van der Waals surface area contributed by atoms with E-state index in [2.05, 4.69) is 17.4 Å². The maximum Gasteiger partial charge on any atom is 0.0205 e. The second-order valence-electron chi connectivity index (χ2n) is 5.29. The molecule has 1 N–H and O–H groups in total. The molecule has 1 heteroatoms. The molecule has 1 nitrogen and oxygen atoms in total. The number of hydrogen-bond acceptors (Lipinski definition) is 1. The minimum absolute atomic E-state index is 0.893. The summed E-state index contributed by atoms with van der Waals surface area (Å²) in [5.41, 5.74) is 6.66. The van der Waals surface area contributed by atoms with Crippen LogP contribution in [-0.4, -0.2) is 7.05 Å². The van der Waals surface area contributed by atoms with E-state index in [4.69, 9.17) is 0 Å². The highest BCUT2D eigenvalue weighted by Gasteiger charge is 2.27. The maximum atomic E-state index is 3.30. The number of hydrogen-bond donors (Lipinski definition) is 1. The summed E-state index contributed by atoms with van der Waals surface area (Å²) in [6, 6.07) is 4.75. The number of aryl methyl sites for hydroxylation is 1. The first-order chi connectivity index (χ1) is 7.90. The molecule has 0 amide bonds. The normalized spacial score (nSPS) is 22.9. The summed E-state index contributed by atoms with van der Waals surface area (Å²) >= 11 is 0. The van der Waals surface area contributed by atoms with Gasteiger partial charge in [0.05, 0.1) is 0 Å². The lowest BCUT2D eigenvalue weighted by Gasteiger charge is -2.33. The Balaban J connectivity index is 2.10. The van der Waals surface area contributed by atoms with Crippen LogP contribution in [0.3, 0.4) is 0 Å². The van der Waals surface area contributed by atoms with Crippen LogP contribution in [0.1, 0.15) is 53.9 Å². The molecule has 1 unspecified atom stereocenters. The Morgan fingerprint density at radius 1 is 1.19 bits per heavy atom. The molecule has 2 aliphatic carbocycles. The lowest BCUT2D eigenvalue weighted by atomic mass is 9.72. The summed E-state index contributed by atoms with van der Waals surface area (Å²) in [6.07, 6.45) is 8.31. The van der Waals surface area contributed by atoms with E-state index in [9.17, 15) is 0 Å². The zero-order valence-corrected chi connectivity index (χ0v) is 10.2. The lowest BCUT2D eigenvalue weighted by molar-refractivity contribution is 0.474. The number of rotatable bonds is 2. The van der Waals surface area contributed by atoms with E-state index in [0.29, 0.717) is 0 Å². The van der Waals surface area contributed by atoms with Gasteiger partial charge in [0, 0.05) is 6.54 Å². The second kappa shape index (κ2) is 4.21. The molecule has 0 radical (unpaired) electrons. The van der Waals surface area contributed by atoms with Gasteiger partial charge in [-0.05, 0) is 73.7 Å². The molecule has 1 aromatic carbocycles. The third-order valence-electron chi connectivity index (χ3n) is 4.30. The molecule has 1 atom stereocenters. The molecule has 16 heavy (non-hydrogen) atoms. The first-order valence-electron chi connectivity index (χ1n) is 6.68. The summed E-state index contributed by atoms with van der Waals surface area (Å²) in [5, 5.41) is 3.30. The highest BCUT2D eigenvalue weighted by atomic mass is 14.8. The van der Waals surface area contributed by atoms with Crippen LogP contribution in [-0.2, 0) is 19.4 Å². The van der Waals surface area contributed by atoms with Crippen molar-refractivity contribution < 1.29 is 0 Å². The third-order valence-corrected chi connectivity index (χ3v) is 4.30. The van der Waals surface area contributed by atoms with Crippen molar-refractivity contribution in [1.29, 1.82) is 0 Å². The molecule has 0 spiro atoms. The summed E-state index contributed by atoms with van der Waals surface area (Å²) in [4.78, 5) is 0. The molecule has 0 saturated heterocycles. The molecule has 0 bridgehead atoms. The quantitative estimate of drug-likeness (QED) is 0.799. The van der Waals surface area contributed by atoms with Gasteiger partial charge in [-0.15, -0.1) is 0 Å². The Labute approximate surface area is 98.3 Å². The van der Waals surface area contributed by atoms with Crippen LogP contribution < -0.4 is 5.32 Å². The zero-order chi connectivity index (χ0) is 11.0. The Morgan fingerprint density at radius 3 is 2.81 bits per heavy atom. The van der Waals surface area contributed by atoms with E-state index in [1.165, 1.54) is 38.5 Å².